The molecule has 2 rings (SSSR count). The normalized spacial score (nSPS) is 22.2. The Bertz CT molecular complexity index is 465. The van der Waals surface area contributed by atoms with Crippen LogP contribution in [0.1, 0.15) is 26.2 Å². The first-order chi connectivity index (χ1) is 10.6. The van der Waals surface area contributed by atoms with Gasteiger partial charge in [-0.3, -0.25) is 4.79 Å². The molecule has 5 nitrogen and oxygen atoms in total. The highest BCUT2D eigenvalue weighted by atomic mass is 16.5. The first-order valence-electron chi connectivity index (χ1n) is 7.89. The van der Waals surface area contributed by atoms with Crippen molar-refractivity contribution in [2.75, 3.05) is 32.9 Å². The topological polar surface area (TPSA) is 59.0 Å². The Labute approximate surface area is 131 Å². The second kappa shape index (κ2) is 8.15. The molecule has 1 fully saturated rings. The average molecular weight is 307 g/mol. The number of hydrogen-bond acceptors (Lipinski definition) is 4. The Balaban J connectivity index is 1.84. The van der Waals surface area contributed by atoms with Crippen molar-refractivity contribution in [2.24, 2.45) is 0 Å². The second-order valence-corrected chi connectivity index (χ2v) is 5.70. The van der Waals surface area contributed by atoms with E-state index < -0.39 is 5.60 Å². The SMILES string of the molecule is CCOCC(=O)N1CCCC(O)(COc2ccccc2)CC1. The molecule has 0 saturated carbocycles. The molecule has 1 aliphatic rings. The Morgan fingerprint density at radius 2 is 2.05 bits per heavy atom. The van der Waals surface area contributed by atoms with E-state index in [1.54, 1.807) is 4.90 Å². The molecule has 122 valence electrons. The first-order valence-corrected chi connectivity index (χ1v) is 7.89. The number of likely N-dealkylation sites (tertiary alicyclic amines) is 1. The summed E-state index contributed by atoms with van der Waals surface area (Å²) in [6, 6.07) is 9.48. The molecule has 0 spiro atoms. The van der Waals surface area contributed by atoms with Crippen molar-refractivity contribution in [1.82, 2.24) is 4.90 Å². The number of aliphatic hydroxyl groups is 1. The highest BCUT2D eigenvalue weighted by Gasteiger charge is 2.32. The number of rotatable bonds is 6. The van der Waals surface area contributed by atoms with Crippen molar-refractivity contribution in [2.45, 2.75) is 31.8 Å². The molecule has 1 atom stereocenters. The van der Waals surface area contributed by atoms with Gasteiger partial charge in [-0.05, 0) is 38.3 Å². The van der Waals surface area contributed by atoms with Gasteiger partial charge in [0.1, 0.15) is 24.6 Å². The van der Waals surface area contributed by atoms with Gasteiger partial charge in [0.15, 0.2) is 0 Å². The third kappa shape index (κ3) is 5.00. The van der Waals surface area contributed by atoms with Crippen molar-refractivity contribution in [3.8, 4) is 5.75 Å². The summed E-state index contributed by atoms with van der Waals surface area (Å²) in [6.07, 6.45) is 1.93. The van der Waals surface area contributed by atoms with Gasteiger partial charge in [-0.1, -0.05) is 18.2 Å². The third-order valence-electron chi connectivity index (χ3n) is 3.95. The van der Waals surface area contributed by atoms with E-state index in [0.29, 0.717) is 32.5 Å². The quantitative estimate of drug-likeness (QED) is 0.871. The summed E-state index contributed by atoms with van der Waals surface area (Å²) in [4.78, 5) is 13.8. The average Bonchev–Trinajstić information content (AvgIpc) is 2.74. The number of ether oxygens (including phenoxy) is 2. The fourth-order valence-electron chi connectivity index (χ4n) is 2.59. The summed E-state index contributed by atoms with van der Waals surface area (Å²) in [5, 5.41) is 10.7. The molecule has 1 amide bonds. The van der Waals surface area contributed by atoms with Gasteiger partial charge >= 0.3 is 0 Å². The lowest BCUT2D eigenvalue weighted by Gasteiger charge is -2.27. The van der Waals surface area contributed by atoms with Crippen LogP contribution in [-0.4, -0.2) is 54.4 Å². The lowest BCUT2D eigenvalue weighted by Crippen LogP contribution is -2.39. The minimum absolute atomic E-state index is 0.00456. The lowest BCUT2D eigenvalue weighted by atomic mass is 9.96. The molecule has 0 radical (unpaired) electrons. The van der Waals surface area contributed by atoms with Gasteiger partial charge in [-0.2, -0.15) is 0 Å². The van der Waals surface area contributed by atoms with Crippen LogP contribution >= 0.6 is 0 Å². The fourth-order valence-corrected chi connectivity index (χ4v) is 2.59. The minimum Gasteiger partial charge on any atom is -0.491 e. The maximum absolute atomic E-state index is 12.0. The Hall–Kier alpha value is -1.59. The predicted octanol–water partition coefficient (Wildman–Crippen LogP) is 1.85. The van der Waals surface area contributed by atoms with Gasteiger partial charge in [0.2, 0.25) is 5.91 Å². The van der Waals surface area contributed by atoms with Gasteiger partial charge in [-0.15, -0.1) is 0 Å². The van der Waals surface area contributed by atoms with Crippen LogP contribution in [-0.2, 0) is 9.53 Å². The number of para-hydroxylation sites is 1. The zero-order valence-corrected chi connectivity index (χ0v) is 13.2. The van der Waals surface area contributed by atoms with E-state index in [0.717, 1.165) is 12.2 Å². The number of carbonyl (C=O) groups excluding carboxylic acids is 1. The van der Waals surface area contributed by atoms with Crippen LogP contribution < -0.4 is 4.74 Å². The van der Waals surface area contributed by atoms with Crippen molar-refractivity contribution in [1.29, 1.82) is 0 Å². The summed E-state index contributed by atoms with van der Waals surface area (Å²) >= 11 is 0. The third-order valence-corrected chi connectivity index (χ3v) is 3.95. The molecule has 5 heteroatoms. The number of benzene rings is 1. The number of amides is 1. The summed E-state index contributed by atoms with van der Waals surface area (Å²) in [5.41, 5.74) is -0.878. The van der Waals surface area contributed by atoms with Gasteiger partial charge in [-0.25, -0.2) is 0 Å². The van der Waals surface area contributed by atoms with E-state index in [1.165, 1.54) is 0 Å². The molecule has 1 N–H and O–H groups in total. The maximum atomic E-state index is 12.0. The van der Waals surface area contributed by atoms with E-state index in [2.05, 4.69) is 0 Å². The Morgan fingerprint density at radius 1 is 1.27 bits per heavy atom. The van der Waals surface area contributed by atoms with Crippen molar-refractivity contribution in [3.05, 3.63) is 30.3 Å². The molecular weight excluding hydrogens is 282 g/mol. The standard InChI is InChI=1S/C17H25NO4/c1-2-21-13-16(19)18-11-6-9-17(20,10-12-18)14-22-15-7-4-3-5-8-15/h3-5,7-8,20H,2,6,9-14H2,1H3. The second-order valence-electron chi connectivity index (χ2n) is 5.70. The maximum Gasteiger partial charge on any atom is 0.248 e. The van der Waals surface area contributed by atoms with Crippen LogP contribution in [0.25, 0.3) is 0 Å². The number of hydrogen-bond donors (Lipinski definition) is 1. The monoisotopic (exact) mass is 307 g/mol. The molecule has 22 heavy (non-hydrogen) atoms. The molecule has 1 heterocycles. The van der Waals surface area contributed by atoms with Crippen LogP contribution in [0, 0.1) is 0 Å². The first kappa shape index (κ1) is 16.8. The van der Waals surface area contributed by atoms with Crippen molar-refractivity contribution < 1.29 is 19.4 Å². The molecule has 0 aromatic heterocycles. The summed E-state index contributed by atoms with van der Waals surface area (Å²) in [5.74, 6) is 0.750. The highest BCUT2D eigenvalue weighted by molar-refractivity contribution is 5.77. The van der Waals surface area contributed by atoms with Crippen LogP contribution in [0.5, 0.6) is 5.75 Å². The van der Waals surface area contributed by atoms with E-state index >= 15 is 0 Å². The molecule has 0 bridgehead atoms. The summed E-state index contributed by atoms with van der Waals surface area (Å²) in [6.45, 7) is 3.99. The predicted molar refractivity (Wildman–Crippen MR) is 83.8 cm³/mol. The smallest absolute Gasteiger partial charge is 0.248 e. The van der Waals surface area contributed by atoms with E-state index in [1.807, 2.05) is 37.3 Å². The molecule has 1 aromatic rings. The van der Waals surface area contributed by atoms with E-state index in [4.69, 9.17) is 9.47 Å². The van der Waals surface area contributed by atoms with Gasteiger partial charge < -0.3 is 19.5 Å². The van der Waals surface area contributed by atoms with Crippen molar-refractivity contribution >= 4 is 5.91 Å². The van der Waals surface area contributed by atoms with Gasteiger partial charge in [0.05, 0.1) is 0 Å². The van der Waals surface area contributed by atoms with Gasteiger partial charge in [0, 0.05) is 19.7 Å². The zero-order valence-electron chi connectivity index (χ0n) is 13.2. The highest BCUT2D eigenvalue weighted by Crippen LogP contribution is 2.24. The van der Waals surface area contributed by atoms with Crippen LogP contribution in [0.3, 0.4) is 0 Å². The van der Waals surface area contributed by atoms with Crippen LogP contribution in [0.4, 0.5) is 0 Å². The van der Waals surface area contributed by atoms with Crippen LogP contribution in [0.15, 0.2) is 30.3 Å². The van der Waals surface area contributed by atoms with Gasteiger partial charge in [0.25, 0.3) is 0 Å². The minimum atomic E-state index is -0.878. The zero-order chi connectivity index (χ0) is 15.8. The number of nitrogens with zero attached hydrogens (tertiary/aromatic N) is 1. The molecule has 1 aliphatic heterocycles. The number of carbonyl (C=O) groups is 1. The summed E-state index contributed by atoms with van der Waals surface area (Å²) in [7, 11) is 0. The molecule has 1 unspecified atom stereocenters. The molecule has 1 aromatic carbocycles. The van der Waals surface area contributed by atoms with Crippen LogP contribution in [0.2, 0.25) is 0 Å². The molecular formula is C17H25NO4. The fraction of sp³-hybridized carbons (Fsp3) is 0.588. The summed E-state index contributed by atoms with van der Waals surface area (Å²) < 4.78 is 10.9. The largest absolute Gasteiger partial charge is 0.491 e. The molecule has 1 saturated heterocycles. The Morgan fingerprint density at radius 3 is 2.77 bits per heavy atom. The molecule has 0 aliphatic carbocycles. The van der Waals surface area contributed by atoms with E-state index in [-0.39, 0.29) is 19.1 Å². The van der Waals surface area contributed by atoms with E-state index in [9.17, 15) is 9.90 Å². The Kier molecular flexibility index (Phi) is 6.21. The van der Waals surface area contributed by atoms with Crippen molar-refractivity contribution in [3.63, 3.8) is 0 Å². The lowest BCUT2D eigenvalue weighted by molar-refractivity contribution is -0.136.